The Bertz CT molecular complexity index is 707. The molecule has 0 spiro atoms. The van der Waals surface area contributed by atoms with Crippen LogP contribution in [0, 0.1) is 6.92 Å². The van der Waals surface area contributed by atoms with Gasteiger partial charge in [0.25, 0.3) is 0 Å². The lowest BCUT2D eigenvalue weighted by molar-refractivity contribution is -0.133. The standard InChI is InChI=1S/C20H28N4O/c1-15-6-8-17(9-7-15)13-19-18(5-4-11-24(19)16(2)25)22-14-20-21-10-12-23(20)3/h6-10,12,18-19,22H,4-5,11,13-14H2,1-3H3/t18-,19-/m0/s1. The van der Waals surface area contributed by atoms with Crippen LogP contribution in [0.1, 0.15) is 36.7 Å². The number of nitrogens with one attached hydrogen (secondary N) is 1. The van der Waals surface area contributed by atoms with Crippen LogP contribution in [0.15, 0.2) is 36.7 Å². The third-order valence-electron chi connectivity index (χ3n) is 5.19. The minimum atomic E-state index is 0.167. The number of aryl methyl sites for hydroxylation is 2. The van der Waals surface area contributed by atoms with E-state index in [9.17, 15) is 4.79 Å². The Kier molecular flexibility index (Phi) is 5.53. The minimum absolute atomic E-state index is 0.167. The number of imidazole rings is 1. The Morgan fingerprint density at radius 2 is 2.08 bits per heavy atom. The van der Waals surface area contributed by atoms with E-state index in [4.69, 9.17) is 0 Å². The molecule has 5 nitrogen and oxygen atoms in total. The van der Waals surface area contributed by atoms with Crippen LogP contribution in [0.2, 0.25) is 0 Å². The summed E-state index contributed by atoms with van der Waals surface area (Å²) in [6, 6.07) is 9.12. The number of hydrogen-bond acceptors (Lipinski definition) is 3. The van der Waals surface area contributed by atoms with E-state index in [-0.39, 0.29) is 18.0 Å². The van der Waals surface area contributed by atoms with Gasteiger partial charge in [-0.1, -0.05) is 29.8 Å². The maximum Gasteiger partial charge on any atom is 0.219 e. The fourth-order valence-electron chi connectivity index (χ4n) is 3.69. The monoisotopic (exact) mass is 340 g/mol. The molecule has 1 aromatic carbocycles. The summed E-state index contributed by atoms with van der Waals surface area (Å²) >= 11 is 0. The van der Waals surface area contributed by atoms with Gasteiger partial charge in [0.2, 0.25) is 5.91 Å². The van der Waals surface area contributed by atoms with Gasteiger partial charge in [0.1, 0.15) is 5.82 Å². The topological polar surface area (TPSA) is 50.2 Å². The van der Waals surface area contributed by atoms with Crippen molar-refractivity contribution in [3.8, 4) is 0 Å². The molecule has 25 heavy (non-hydrogen) atoms. The summed E-state index contributed by atoms with van der Waals surface area (Å²) in [5.74, 6) is 1.19. The fraction of sp³-hybridized carbons (Fsp3) is 0.500. The number of likely N-dealkylation sites (tertiary alicyclic amines) is 1. The van der Waals surface area contributed by atoms with Gasteiger partial charge in [-0.3, -0.25) is 4.79 Å². The van der Waals surface area contributed by atoms with Crippen LogP contribution in [0.5, 0.6) is 0 Å². The van der Waals surface area contributed by atoms with Crippen molar-refractivity contribution in [3.05, 3.63) is 53.6 Å². The number of amides is 1. The molecule has 2 aromatic rings. The highest BCUT2D eigenvalue weighted by Crippen LogP contribution is 2.22. The van der Waals surface area contributed by atoms with Gasteiger partial charge < -0.3 is 14.8 Å². The van der Waals surface area contributed by atoms with E-state index in [2.05, 4.69) is 41.5 Å². The molecule has 1 aliphatic heterocycles. The lowest BCUT2D eigenvalue weighted by atomic mass is 9.90. The summed E-state index contributed by atoms with van der Waals surface area (Å²) in [5.41, 5.74) is 2.55. The number of hydrogen-bond donors (Lipinski definition) is 1. The van der Waals surface area contributed by atoms with E-state index in [1.54, 1.807) is 6.92 Å². The third kappa shape index (κ3) is 4.28. The Morgan fingerprint density at radius 3 is 2.72 bits per heavy atom. The average molecular weight is 340 g/mol. The first-order valence-electron chi connectivity index (χ1n) is 9.07. The molecule has 1 amide bonds. The lowest BCUT2D eigenvalue weighted by Gasteiger charge is -2.41. The van der Waals surface area contributed by atoms with E-state index in [0.717, 1.165) is 38.2 Å². The molecule has 134 valence electrons. The largest absolute Gasteiger partial charge is 0.338 e. The van der Waals surface area contributed by atoms with E-state index in [0.29, 0.717) is 0 Å². The summed E-state index contributed by atoms with van der Waals surface area (Å²) in [6.07, 6.45) is 6.80. The first-order valence-corrected chi connectivity index (χ1v) is 9.07. The molecule has 1 fully saturated rings. The highest BCUT2D eigenvalue weighted by molar-refractivity contribution is 5.73. The van der Waals surface area contributed by atoms with Crippen molar-refractivity contribution in [2.75, 3.05) is 6.54 Å². The SMILES string of the molecule is CC(=O)N1CCC[C@H](NCc2nccn2C)[C@@H]1Cc1ccc(C)cc1. The molecule has 1 N–H and O–H groups in total. The highest BCUT2D eigenvalue weighted by Gasteiger charge is 2.32. The first-order chi connectivity index (χ1) is 12.0. The van der Waals surface area contributed by atoms with E-state index >= 15 is 0 Å². The van der Waals surface area contributed by atoms with Crippen molar-refractivity contribution >= 4 is 5.91 Å². The maximum absolute atomic E-state index is 12.2. The zero-order valence-corrected chi connectivity index (χ0v) is 15.4. The van der Waals surface area contributed by atoms with E-state index < -0.39 is 0 Å². The number of carbonyl (C=O) groups is 1. The van der Waals surface area contributed by atoms with Crippen LogP contribution >= 0.6 is 0 Å². The second-order valence-electron chi connectivity index (χ2n) is 7.05. The zero-order valence-electron chi connectivity index (χ0n) is 15.4. The molecule has 1 aliphatic rings. The molecule has 1 aromatic heterocycles. The molecule has 2 heterocycles. The summed E-state index contributed by atoms with van der Waals surface area (Å²) in [4.78, 5) is 18.6. The Balaban J connectivity index is 1.74. The molecular formula is C20H28N4O. The van der Waals surface area contributed by atoms with Crippen LogP contribution in [0.3, 0.4) is 0 Å². The van der Waals surface area contributed by atoms with Crippen LogP contribution in [0.25, 0.3) is 0 Å². The van der Waals surface area contributed by atoms with Gasteiger partial charge in [-0.2, -0.15) is 0 Å². The van der Waals surface area contributed by atoms with Crippen molar-refractivity contribution in [1.29, 1.82) is 0 Å². The lowest BCUT2D eigenvalue weighted by Crippen LogP contribution is -2.56. The van der Waals surface area contributed by atoms with Gasteiger partial charge in [0.15, 0.2) is 0 Å². The molecular weight excluding hydrogens is 312 g/mol. The molecule has 5 heteroatoms. The Labute approximate surface area is 150 Å². The molecule has 0 bridgehead atoms. The average Bonchev–Trinajstić information content (AvgIpc) is 3.00. The van der Waals surface area contributed by atoms with Crippen molar-refractivity contribution in [2.24, 2.45) is 7.05 Å². The second kappa shape index (κ2) is 7.83. The van der Waals surface area contributed by atoms with Crippen molar-refractivity contribution < 1.29 is 4.79 Å². The van der Waals surface area contributed by atoms with E-state index in [1.165, 1.54) is 11.1 Å². The van der Waals surface area contributed by atoms with Crippen LogP contribution < -0.4 is 5.32 Å². The summed E-state index contributed by atoms with van der Waals surface area (Å²) in [6.45, 7) is 5.36. The molecule has 2 atom stereocenters. The highest BCUT2D eigenvalue weighted by atomic mass is 16.2. The van der Waals surface area contributed by atoms with Gasteiger partial charge in [-0.15, -0.1) is 0 Å². The molecule has 1 saturated heterocycles. The molecule has 0 aliphatic carbocycles. The van der Waals surface area contributed by atoms with Gasteiger partial charge >= 0.3 is 0 Å². The number of carbonyl (C=O) groups excluding carboxylic acids is 1. The molecule has 0 radical (unpaired) electrons. The number of piperidine rings is 1. The Hall–Kier alpha value is -2.14. The quantitative estimate of drug-likeness (QED) is 0.909. The molecule has 0 unspecified atom stereocenters. The van der Waals surface area contributed by atoms with Crippen LogP contribution in [-0.2, 0) is 24.8 Å². The van der Waals surface area contributed by atoms with Gasteiger partial charge in [-0.05, 0) is 31.7 Å². The minimum Gasteiger partial charge on any atom is -0.338 e. The number of aromatic nitrogens is 2. The van der Waals surface area contributed by atoms with E-state index in [1.807, 2.05) is 28.9 Å². The third-order valence-corrected chi connectivity index (χ3v) is 5.19. The predicted molar refractivity (Wildman–Crippen MR) is 99.1 cm³/mol. The molecule has 3 rings (SSSR count). The Morgan fingerprint density at radius 1 is 1.32 bits per heavy atom. The second-order valence-corrected chi connectivity index (χ2v) is 7.05. The van der Waals surface area contributed by atoms with Gasteiger partial charge in [0, 0.05) is 39.0 Å². The number of rotatable bonds is 5. The van der Waals surface area contributed by atoms with Crippen molar-refractivity contribution in [2.45, 2.75) is 51.7 Å². The first kappa shape index (κ1) is 17.7. The van der Waals surface area contributed by atoms with Crippen molar-refractivity contribution in [3.63, 3.8) is 0 Å². The van der Waals surface area contributed by atoms with Gasteiger partial charge in [0.05, 0.1) is 12.6 Å². The summed E-state index contributed by atoms with van der Waals surface area (Å²) < 4.78 is 2.04. The number of nitrogens with zero attached hydrogens (tertiary/aromatic N) is 3. The normalized spacial score (nSPS) is 20.7. The maximum atomic E-state index is 12.2. The molecule has 0 saturated carbocycles. The van der Waals surface area contributed by atoms with Crippen LogP contribution in [0.4, 0.5) is 0 Å². The van der Waals surface area contributed by atoms with Gasteiger partial charge in [-0.25, -0.2) is 4.98 Å². The number of benzene rings is 1. The predicted octanol–water partition coefficient (Wildman–Crippen LogP) is 2.44. The van der Waals surface area contributed by atoms with Crippen LogP contribution in [-0.4, -0.2) is 39.0 Å². The smallest absolute Gasteiger partial charge is 0.219 e. The van der Waals surface area contributed by atoms with Crippen molar-refractivity contribution in [1.82, 2.24) is 19.8 Å². The fourth-order valence-corrected chi connectivity index (χ4v) is 3.69. The zero-order chi connectivity index (χ0) is 17.8. The summed E-state index contributed by atoms with van der Waals surface area (Å²) in [5, 5.41) is 3.65. The summed E-state index contributed by atoms with van der Waals surface area (Å²) in [7, 11) is 2.01.